The highest BCUT2D eigenvalue weighted by Gasteiger charge is 2.04. The molecule has 25 heavy (non-hydrogen) atoms. The molecule has 0 fully saturated rings. The summed E-state index contributed by atoms with van der Waals surface area (Å²) in [4.78, 5) is 0.607. The summed E-state index contributed by atoms with van der Waals surface area (Å²) in [6, 6.07) is 22.1. The molecular weight excluding hydrogens is 312 g/mol. The highest BCUT2D eigenvalue weighted by Crippen LogP contribution is 2.24. The van der Waals surface area contributed by atoms with E-state index < -0.39 is 0 Å². The van der Waals surface area contributed by atoms with Crippen molar-refractivity contribution in [3.63, 3.8) is 0 Å². The van der Waals surface area contributed by atoms with Crippen LogP contribution in [-0.2, 0) is 0 Å². The zero-order valence-corrected chi connectivity index (χ0v) is 14.1. The number of azo groups is 2. The standard InChI is InChI=1S/C20H18N4O/c1-15-6-10-17(11-7-15)21-22-18-4-3-5-19(14-18)23-24(25)20-12-8-16(2)9-13-20/h3-14H,1-2H3. The summed E-state index contributed by atoms with van der Waals surface area (Å²) in [6.07, 6.45) is 0. The van der Waals surface area contributed by atoms with E-state index >= 15 is 0 Å². The van der Waals surface area contributed by atoms with E-state index in [-0.39, 0.29) is 0 Å². The third-order valence-electron chi connectivity index (χ3n) is 3.61. The molecule has 0 heterocycles. The second-order valence-corrected chi connectivity index (χ2v) is 5.76. The molecule has 0 spiro atoms. The van der Waals surface area contributed by atoms with Gasteiger partial charge in [-0.1, -0.05) is 46.3 Å². The molecule has 0 bridgehead atoms. The van der Waals surface area contributed by atoms with Crippen LogP contribution in [0, 0.1) is 19.1 Å². The first-order valence-electron chi connectivity index (χ1n) is 7.94. The Morgan fingerprint density at radius 1 is 0.680 bits per heavy atom. The van der Waals surface area contributed by atoms with E-state index in [0.29, 0.717) is 21.9 Å². The lowest BCUT2D eigenvalue weighted by Gasteiger charge is -2.00. The van der Waals surface area contributed by atoms with Gasteiger partial charge in [0.2, 0.25) is 5.69 Å². The van der Waals surface area contributed by atoms with Crippen molar-refractivity contribution < 1.29 is 4.86 Å². The molecule has 0 aromatic heterocycles. The molecule has 0 saturated carbocycles. The summed E-state index contributed by atoms with van der Waals surface area (Å²) in [5.74, 6) is 0. The van der Waals surface area contributed by atoms with Crippen LogP contribution in [-0.4, -0.2) is 4.86 Å². The zero-order chi connectivity index (χ0) is 17.6. The Morgan fingerprint density at radius 3 is 1.92 bits per heavy atom. The van der Waals surface area contributed by atoms with Crippen LogP contribution in [0.5, 0.6) is 0 Å². The lowest BCUT2D eigenvalue weighted by Crippen LogP contribution is -1.90. The average molecular weight is 330 g/mol. The summed E-state index contributed by atoms with van der Waals surface area (Å²) in [5.41, 5.74) is 4.69. The van der Waals surface area contributed by atoms with E-state index in [2.05, 4.69) is 15.3 Å². The summed E-state index contributed by atoms with van der Waals surface area (Å²) in [5, 5.41) is 24.6. The third kappa shape index (κ3) is 4.57. The van der Waals surface area contributed by atoms with Crippen molar-refractivity contribution in [1.82, 2.24) is 0 Å². The second kappa shape index (κ2) is 7.49. The number of benzene rings is 3. The van der Waals surface area contributed by atoms with Gasteiger partial charge in [-0.05, 0) is 44.2 Å². The number of hydrogen-bond donors (Lipinski definition) is 0. The van der Waals surface area contributed by atoms with Crippen LogP contribution in [0.4, 0.5) is 22.7 Å². The van der Waals surface area contributed by atoms with E-state index in [0.717, 1.165) is 11.3 Å². The average Bonchev–Trinajstić information content (AvgIpc) is 2.62. The molecular formula is C20H18N4O. The smallest absolute Gasteiger partial charge is 0.244 e. The van der Waals surface area contributed by atoms with Crippen molar-refractivity contribution in [1.29, 1.82) is 0 Å². The fourth-order valence-corrected chi connectivity index (χ4v) is 2.18. The Morgan fingerprint density at radius 2 is 1.24 bits per heavy atom. The van der Waals surface area contributed by atoms with E-state index in [1.54, 1.807) is 30.3 Å². The molecule has 0 radical (unpaired) electrons. The lowest BCUT2D eigenvalue weighted by molar-refractivity contribution is -0.435. The molecule has 124 valence electrons. The van der Waals surface area contributed by atoms with Gasteiger partial charge in [0.05, 0.1) is 11.4 Å². The van der Waals surface area contributed by atoms with Crippen molar-refractivity contribution in [2.45, 2.75) is 13.8 Å². The van der Waals surface area contributed by atoms with Gasteiger partial charge >= 0.3 is 0 Å². The van der Waals surface area contributed by atoms with E-state index in [9.17, 15) is 5.21 Å². The Kier molecular flexibility index (Phi) is 4.95. The fourth-order valence-electron chi connectivity index (χ4n) is 2.18. The van der Waals surface area contributed by atoms with Gasteiger partial charge in [0.1, 0.15) is 5.69 Å². The number of nitrogens with zero attached hydrogens (tertiary/aromatic N) is 4. The van der Waals surface area contributed by atoms with Crippen LogP contribution >= 0.6 is 0 Å². The van der Waals surface area contributed by atoms with Gasteiger partial charge < -0.3 is 5.21 Å². The summed E-state index contributed by atoms with van der Waals surface area (Å²) in [6.45, 7) is 3.99. The molecule has 0 saturated heterocycles. The molecule has 3 aromatic rings. The zero-order valence-electron chi connectivity index (χ0n) is 14.1. The molecule has 0 aliphatic heterocycles. The minimum atomic E-state index is 0.484. The van der Waals surface area contributed by atoms with Gasteiger partial charge in [-0.15, -0.1) is 0 Å². The summed E-state index contributed by atoms with van der Waals surface area (Å²) >= 11 is 0. The van der Waals surface area contributed by atoms with Crippen LogP contribution < -0.4 is 0 Å². The highest BCUT2D eigenvalue weighted by molar-refractivity contribution is 5.50. The van der Waals surface area contributed by atoms with Crippen molar-refractivity contribution in [3.05, 3.63) is 89.1 Å². The van der Waals surface area contributed by atoms with Crippen LogP contribution in [0.25, 0.3) is 0 Å². The lowest BCUT2D eigenvalue weighted by atomic mass is 10.2. The van der Waals surface area contributed by atoms with Crippen molar-refractivity contribution >= 4 is 22.7 Å². The fraction of sp³-hybridized carbons (Fsp3) is 0.100. The van der Waals surface area contributed by atoms with E-state index in [1.807, 2.05) is 56.3 Å². The van der Waals surface area contributed by atoms with Gasteiger partial charge in [0.15, 0.2) is 0 Å². The summed E-state index contributed by atoms with van der Waals surface area (Å²) in [7, 11) is 0. The molecule has 5 heteroatoms. The SMILES string of the molecule is Cc1ccc(N=Nc2cccc(N=[N+]([O-])c3ccc(C)cc3)c2)cc1. The van der Waals surface area contributed by atoms with Crippen molar-refractivity contribution in [3.8, 4) is 0 Å². The molecule has 0 aliphatic rings. The predicted octanol–water partition coefficient (Wildman–Crippen LogP) is 6.64. The van der Waals surface area contributed by atoms with Gasteiger partial charge in [0.25, 0.3) is 0 Å². The van der Waals surface area contributed by atoms with Gasteiger partial charge in [-0.3, -0.25) is 0 Å². The first-order chi connectivity index (χ1) is 12.1. The normalized spacial score (nSPS) is 11.8. The van der Waals surface area contributed by atoms with Crippen LogP contribution in [0.1, 0.15) is 11.1 Å². The maximum Gasteiger partial charge on any atom is 0.244 e. The molecule has 5 nitrogen and oxygen atoms in total. The van der Waals surface area contributed by atoms with Crippen molar-refractivity contribution in [2.24, 2.45) is 15.3 Å². The molecule has 3 aromatic carbocycles. The molecule has 0 N–H and O–H groups in total. The minimum absolute atomic E-state index is 0.484. The molecule has 0 unspecified atom stereocenters. The van der Waals surface area contributed by atoms with E-state index in [4.69, 9.17) is 0 Å². The number of aryl methyl sites for hydroxylation is 2. The largest absolute Gasteiger partial charge is 0.594 e. The quantitative estimate of drug-likeness (QED) is 0.300. The first-order valence-corrected chi connectivity index (χ1v) is 7.94. The van der Waals surface area contributed by atoms with Crippen LogP contribution in [0.2, 0.25) is 0 Å². The molecule has 0 amide bonds. The Balaban J connectivity index is 1.80. The van der Waals surface area contributed by atoms with Crippen molar-refractivity contribution in [2.75, 3.05) is 0 Å². The number of hydrogen-bond acceptors (Lipinski definition) is 4. The van der Waals surface area contributed by atoms with Gasteiger partial charge in [-0.25, -0.2) is 0 Å². The monoisotopic (exact) mass is 330 g/mol. The maximum atomic E-state index is 12.1. The Labute approximate surface area is 146 Å². The molecule has 0 aliphatic carbocycles. The Bertz CT molecular complexity index is 913. The minimum Gasteiger partial charge on any atom is -0.594 e. The van der Waals surface area contributed by atoms with Gasteiger partial charge in [-0.2, -0.15) is 10.2 Å². The predicted molar refractivity (Wildman–Crippen MR) is 98.4 cm³/mol. The first kappa shape index (κ1) is 16.5. The third-order valence-corrected chi connectivity index (χ3v) is 3.61. The second-order valence-electron chi connectivity index (χ2n) is 5.76. The Hall–Kier alpha value is -3.34. The highest BCUT2D eigenvalue weighted by atomic mass is 16.5. The van der Waals surface area contributed by atoms with Gasteiger partial charge in [0, 0.05) is 17.2 Å². The summed E-state index contributed by atoms with van der Waals surface area (Å²) < 4.78 is 0. The van der Waals surface area contributed by atoms with E-state index in [1.165, 1.54) is 5.56 Å². The maximum absolute atomic E-state index is 12.1. The van der Waals surface area contributed by atoms with Crippen LogP contribution in [0.15, 0.2) is 88.1 Å². The topological polar surface area (TPSA) is 63.1 Å². The molecule has 0 atom stereocenters. The molecule has 3 rings (SSSR count). The number of rotatable bonds is 4. The van der Waals surface area contributed by atoms with Crippen LogP contribution in [0.3, 0.4) is 0 Å².